The van der Waals surface area contributed by atoms with Crippen molar-refractivity contribution in [2.75, 3.05) is 11.9 Å². The van der Waals surface area contributed by atoms with Crippen molar-refractivity contribution in [2.45, 2.75) is 50.6 Å². The predicted molar refractivity (Wildman–Crippen MR) is 129 cm³/mol. The summed E-state index contributed by atoms with van der Waals surface area (Å²) >= 11 is 13.5. The van der Waals surface area contributed by atoms with Gasteiger partial charge in [-0.2, -0.15) is 4.37 Å². The SMILES string of the molecule is Clc1ccc(Cc2nsc(NC3CC4(CC(NCCc5cccc(Cl)c5)C4)C3)n2)cc1. The lowest BCUT2D eigenvalue weighted by Gasteiger charge is -2.58. The summed E-state index contributed by atoms with van der Waals surface area (Å²) < 4.78 is 4.51. The fourth-order valence-corrected chi connectivity index (χ4v) is 6.01. The first kappa shape index (κ1) is 21.2. The summed E-state index contributed by atoms with van der Waals surface area (Å²) in [5.41, 5.74) is 3.02. The maximum Gasteiger partial charge on any atom is 0.202 e. The highest BCUT2D eigenvalue weighted by atomic mass is 35.5. The van der Waals surface area contributed by atoms with E-state index in [0.717, 1.165) is 40.4 Å². The summed E-state index contributed by atoms with van der Waals surface area (Å²) in [6, 6.07) is 17.2. The molecule has 7 heteroatoms. The largest absolute Gasteiger partial charge is 0.358 e. The molecule has 0 unspecified atom stereocenters. The van der Waals surface area contributed by atoms with Crippen LogP contribution < -0.4 is 10.6 Å². The standard InChI is InChI=1S/C24H26Cl2N4S/c25-18-6-4-17(5-7-18)11-22-29-23(31-30-22)28-21-14-24(15-21)12-20(13-24)27-9-8-16-2-1-3-19(26)10-16/h1-7,10,20-21,27H,8-9,11-15H2,(H,28,29,30). The molecule has 0 atom stereocenters. The molecule has 1 spiro atoms. The van der Waals surface area contributed by atoms with E-state index in [9.17, 15) is 0 Å². The Kier molecular flexibility index (Phi) is 6.20. The molecular weight excluding hydrogens is 447 g/mol. The minimum Gasteiger partial charge on any atom is -0.358 e. The molecule has 162 valence electrons. The van der Waals surface area contributed by atoms with Crippen LogP contribution in [0, 0.1) is 5.41 Å². The number of benzene rings is 2. The van der Waals surface area contributed by atoms with Crippen LogP contribution in [0.25, 0.3) is 0 Å². The van der Waals surface area contributed by atoms with Gasteiger partial charge in [0.2, 0.25) is 5.13 Å². The highest BCUT2D eigenvalue weighted by Crippen LogP contribution is 2.56. The van der Waals surface area contributed by atoms with E-state index in [-0.39, 0.29) is 0 Å². The van der Waals surface area contributed by atoms with Gasteiger partial charge in [-0.25, -0.2) is 4.98 Å². The maximum atomic E-state index is 6.06. The molecule has 2 N–H and O–H groups in total. The Hall–Kier alpha value is -1.66. The molecule has 2 aliphatic carbocycles. The summed E-state index contributed by atoms with van der Waals surface area (Å²) in [6.45, 7) is 1.02. The lowest BCUT2D eigenvalue weighted by atomic mass is 9.52. The Bertz CT molecular complexity index is 1020. The topological polar surface area (TPSA) is 49.8 Å². The first-order chi connectivity index (χ1) is 15.1. The van der Waals surface area contributed by atoms with Crippen molar-refractivity contribution in [1.82, 2.24) is 14.7 Å². The molecule has 0 bridgehead atoms. The Morgan fingerprint density at radius 1 is 0.935 bits per heavy atom. The van der Waals surface area contributed by atoms with Crippen molar-refractivity contribution in [3.05, 3.63) is 75.5 Å². The molecule has 0 saturated heterocycles. The fraction of sp³-hybridized carbons (Fsp3) is 0.417. The highest BCUT2D eigenvalue weighted by molar-refractivity contribution is 7.09. The van der Waals surface area contributed by atoms with E-state index in [4.69, 9.17) is 23.2 Å². The third-order valence-corrected chi connectivity index (χ3v) is 7.70. The zero-order valence-corrected chi connectivity index (χ0v) is 19.6. The van der Waals surface area contributed by atoms with Crippen LogP contribution in [0.4, 0.5) is 5.13 Å². The lowest BCUT2D eigenvalue weighted by molar-refractivity contribution is -0.0116. The van der Waals surface area contributed by atoms with E-state index in [2.05, 4.69) is 32.1 Å². The van der Waals surface area contributed by atoms with Gasteiger partial charge < -0.3 is 10.6 Å². The normalized spacial score (nSPS) is 24.6. The van der Waals surface area contributed by atoms with Crippen LogP contribution in [0.15, 0.2) is 48.5 Å². The number of hydrogen-bond donors (Lipinski definition) is 2. The molecule has 4 nitrogen and oxygen atoms in total. The summed E-state index contributed by atoms with van der Waals surface area (Å²) in [4.78, 5) is 4.67. The maximum absolute atomic E-state index is 6.06. The highest BCUT2D eigenvalue weighted by Gasteiger charge is 2.52. The van der Waals surface area contributed by atoms with Gasteiger partial charge in [0, 0.05) is 40.1 Å². The van der Waals surface area contributed by atoms with Crippen molar-refractivity contribution in [3.63, 3.8) is 0 Å². The molecule has 5 rings (SSSR count). The van der Waals surface area contributed by atoms with Crippen LogP contribution in [-0.4, -0.2) is 28.0 Å². The first-order valence-electron chi connectivity index (χ1n) is 10.9. The Morgan fingerprint density at radius 2 is 1.71 bits per heavy atom. The second-order valence-corrected chi connectivity index (χ2v) is 10.6. The molecule has 1 heterocycles. The molecule has 0 radical (unpaired) electrons. The molecule has 2 saturated carbocycles. The fourth-order valence-electron chi connectivity index (χ4n) is 5.01. The second-order valence-electron chi connectivity index (χ2n) is 9.01. The minimum atomic E-state index is 0.531. The third kappa shape index (κ3) is 5.23. The van der Waals surface area contributed by atoms with Crippen LogP contribution in [-0.2, 0) is 12.8 Å². The molecule has 3 aromatic rings. The van der Waals surface area contributed by atoms with Crippen molar-refractivity contribution >= 4 is 39.9 Å². The summed E-state index contributed by atoms with van der Waals surface area (Å²) in [6.07, 6.45) is 6.84. The van der Waals surface area contributed by atoms with Crippen LogP contribution in [0.1, 0.15) is 42.6 Å². The average Bonchev–Trinajstić information content (AvgIpc) is 3.13. The van der Waals surface area contributed by atoms with Gasteiger partial charge in [-0.1, -0.05) is 47.5 Å². The predicted octanol–water partition coefficient (Wildman–Crippen LogP) is 5.99. The minimum absolute atomic E-state index is 0.531. The molecule has 2 aromatic carbocycles. The van der Waals surface area contributed by atoms with Gasteiger partial charge in [0.25, 0.3) is 0 Å². The van der Waals surface area contributed by atoms with Crippen molar-refractivity contribution in [3.8, 4) is 0 Å². The van der Waals surface area contributed by atoms with E-state index in [1.54, 1.807) is 0 Å². The number of nitrogens with one attached hydrogen (secondary N) is 2. The number of hydrogen-bond acceptors (Lipinski definition) is 5. The Labute approximate surface area is 197 Å². The zero-order valence-electron chi connectivity index (χ0n) is 17.3. The zero-order chi connectivity index (χ0) is 21.3. The van der Waals surface area contributed by atoms with E-state index >= 15 is 0 Å². The van der Waals surface area contributed by atoms with Gasteiger partial charge in [0.05, 0.1) is 0 Å². The van der Waals surface area contributed by atoms with Crippen LogP contribution >= 0.6 is 34.7 Å². The summed E-state index contributed by atoms with van der Waals surface area (Å²) in [7, 11) is 0. The van der Waals surface area contributed by atoms with E-state index in [1.807, 2.05) is 36.4 Å². The molecular formula is C24H26Cl2N4S. The van der Waals surface area contributed by atoms with E-state index in [1.165, 1.54) is 48.3 Å². The van der Waals surface area contributed by atoms with Crippen molar-refractivity contribution in [1.29, 1.82) is 0 Å². The smallest absolute Gasteiger partial charge is 0.202 e. The van der Waals surface area contributed by atoms with Crippen LogP contribution in [0.2, 0.25) is 10.0 Å². The van der Waals surface area contributed by atoms with Crippen molar-refractivity contribution < 1.29 is 0 Å². The van der Waals surface area contributed by atoms with E-state index in [0.29, 0.717) is 17.5 Å². The van der Waals surface area contributed by atoms with Gasteiger partial charge in [-0.05, 0) is 79.5 Å². The molecule has 0 amide bonds. The molecule has 31 heavy (non-hydrogen) atoms. The second kappa shape index (κ2) is 9.07. The van der Waals surface area contributed by atoms with Gasteiger partial charge in [-0.15, -0.1) is 0 Å². The average molecular weight is 473 g/mol. The molecule has 0 aliphatic heterocycles. The van der Waals surface area contributed by atoms with Crippen LogP contribution in [0.3, 0.4) is 0 Å². The summed E-state index contributed by atoms with van der Waals surface area (Å²) in [5, 5.41) is 9.82. The van der Waals surface area contributed by atoms with Gasteiger partial charge in [0.1, 0.15) is 5.82 Å². The van der Waals surface area contributed by atoms with Gasteiger partial charge in [-0.3, -0.25) is 0 Å². The van der Waals surface area contributed by atoms with Gasteiger partial charge >= 0.3 is 0 Å². The molecule has 2 aliphatic rings. The Morgan fingerprint density at radius 3 is 2.48 bits per heavy atom. The quantitative estimate of drug-likeness (QED) is 0.422. The van der Waals surface area contributed by atoms with Crippen molar-refractivity contribution in [2.24, 2.45) is 5.41 Å². The van der Waals surface area contributed by atoms with E-state index < -0.39 is 0 Å². The van der Waals surface area contributed by atoms with Gasteiger partial charge in [0.15, 0.2) is 0 Å². The lowest BCUT2D eigenvalue weighted by Crippen LogP contribution is -2.58. The number of anilines is 1. The Balaban J connectivity index is 1.01. The number of aromatic nitrogens is 2. The number of halogens is 2. The summed E-state index contributed by atoms with van der Waals surface area (Å²) in [5.74, 6) is 0.872. The molecule has 1 aromatic heterocycles. The third-order valence-electron chi connectivity index (χ3n) is 6.52. The molecule has 2 fully saturated rings. The number of rotatable bonds is 8. The van der Waals surface area contributed by atoms with Crippen LogP contribution in [0.5, 0.6) is 0 Å². The number of nitrogens with zero attached hydrogens (tertiary/aromatic N) is 2. The monoisotopic (exact) mass is 472 g/mol. The first-order valence-corrected chi connectivity index (χ1v) is 12.4.